The van der Waals surface area contributed by atoms with Gasteiger partial charge >= 0.3 is 0 Å². The first-order chi connectivity index (χ1) is 16.9. The van der Waals surface area contributed by atoms with Crippen molar-refractivity contribution >= 4 is 15.9 Å². The van der Waals surface area contributed by atoms with E-state index in [1.807, 2.05) is 31.2 Å². The molecule has 1 amide bonds. The summed E-state index contributed by atoms with van der Waals surface area (Å²) in [6.45, 7) is 5.28. The molecule has 3 heterocycles. The molecule has 10 heteroatoms. The number of amides is 1. The zero-order valence-corrected chi connectivity index (χ0v) is 20.5. The highest BCUT2D eigenvalue weighted by molar-refractivity contribution is 7.89. The van der Waals surface area contributed by atoms with Crippen molar-refractivity contribution in [2.45, 2.75) is 37.2 Å². The molecule has 184 valence electrons. The predicted molar refractivity (Wildman–Crippen MR) is 130 cm³/mol. The van der Waals surface area contributed by atoms with Crippen molar-refractivity contribution < 1.29 is 17.7 Å². The van der Waals surface area contributed by atoms with Crippen LogP contribution in [-0.4, -0.2) is 77.3 Å². The van der Waals surface area contributed by atoms with Gasteiger partial charge in [-0.05, 0) is 37.5 Å². The van der Waals surface area contributed by atoms with E-state index >= 15 is 0 Å². The Morgan fingerprint density at radius 3 is 2.46 bits per heavy atom. The SMILES string of the molecule is Cc1ccccc1-c1noc(CN2CCN(C(=O)C3CCCN3S(=O)(=O)c3ccccc3)CC2)n1. The highest BCUT2D eigenvalue weighted by Gasteiger charge is 2.41. The lowest BCUT2D eigenvalue weighted by Gasteiger charge is -2.36. The van der Waals surface area contributed by atoms with Crippen molar-refractivity contribution in [2.75, 3.05) is 32.7 Å². The summed E-state index contributed by atoms with van der Waals surface area (Å²) in [4.78, 5) is 22.0. The lowest BCUT2D eigenvalue weighted by molar-refractivity contribution is -0.136. The maximum Gasteiger partial charge on any atom is 0.243 e. The van der Waals surface area contributed by atoms with E-state index in [2.05, 4.69) is 15.0 Å². The fraction of sp³-hybridized carbons (Fsp3) is 0.400. The highest BCUT2D eigenvalue weighted by atomic mass is 32.2. The van der Waals surface area contributed by atoms with Crippen molar-refractivity contribution in [2.24, 2.45) is 0 Å². The van der Waals surface area contributed by atoms with E-state index in [9.17, 15) is 13.2 Å². The summed E-state index contributed by atoms with van der Waals surface area (Å²) in [7, 11) is -3.70. The maximum atomic E-state index is 13.3. The largest absolute Gasteiger partial charge is 0.339 e. The number of aromatic nitrogens is 2. The molecule has 0 aliphatic carbocycles. The van der Waals surface area contributed by atoms with Crippen molar-refractivity contribution in [3.8, 4) is 11.4 Å². The van der Waals surface area contributed by atoms with Gasteiger partial charge in [0, 0.05) is 38.3 Å². The van der Waals surface area contributed by atoms with Gasteiger partial charge in [-0.1, -0.05) is 47.6 Å². The summed E-state index contributed by atoms with van der Waals surface area (Å²) >= 11 is 0. The molecule has 3 aromatic rings. The van der Waals surface area contributed by atoms with Crippen molar-refractivity contribution in [1.29, 1.82) is 0 Å². The maximum absolute atomic E-state index is 13.3. The average molecular weight is 496 g/mol. The minimum absolute atomic E-state index is 0.110. The molecule has 2 aliphatic heterocycles. The smallest absolute Gasteiger partial charge is 0.243 e. The number of carbonyl (C=O) groups excluding carboxylic acids is 1. The number of piperazine rings is 1. The van der Waals surface area contributed by atoms with Crippen molar-refractivity contribution in [3.05, 3.63) is 66.1 Å². The van der Waals surface area contributed by atoms with E-state index in [4.69, 9.17) is 4.52 Å². The van der Waals surface area contributed by atoms with E-state index in [1.54, 1.807) is 35.2 Å². The van der Waals surface area contributed by atoms with Crippen molar-refractivity contribution in [3.63, 3.8) is 0 Å². The zero-order valence-electron chi connectivity index (χ0n) is 19.7. The third kappa shape index (κ3) is 4.86. The molecule has 2 fully saturated rings. The molecule has 0 bridgehead atoms. The number of sulfonamides is 1. The first-order valence-corrected chi connectivity index (χ1v) is 13.3. The number of rotatable bonds is 6. The van der Waals surface area contributed by atoms with Gasteiger partial charge in [-0.2, -0.15) is 9.29 Å². The van der Waals surface area contributed by atoms with Gasteiger partial charge < -0.3 is 9.42 Å². The molecule has 9 nitrogen and oxygen atoms in total. The summed E-state index contributed by atoms with van der Waals surface area (Å²) in [6.07, 6.45) is 1.23. The van der Waals surface area contributed by atoms with Crippen LogP contribution >= 0.6 is 0 Å². The molecule has 1 aromatic heterocycles. The summed E-state index contributed by atoms with van der Waals surface area (Å²) in [6, 6.07) is 15.6. The van der Waals surface area contributed by atoms with Crippen LogP contribution in [0.5, 0.6) is 0 Å². The zero-order chi connectivity index (χ0) is 24.4. The lowest BCUT2D eigenvalue weighted by Crippen LogP contribution is -2.54. The molecule has 2 saturated heterocycles. The molecular formula is C25H29N5O4S. The second kappa shape index (κ2) is 9.88. The van der Waals surface area contributed by atoms with E-state index in [1.165, 1.54) is 4.31 Å². The van der Waals surface area contributed by atoms with Crippen LogP contribution in [0.1, 0.15) is 24.3 Å². The number of carbonyl (C=O) groups is 1. The second-order valence-electron chi connectivity index (χ2n) is 9.01. The van der Waals surface area contributed by atoms with Crippen LogP contribution in [0.3, 0.4) is 0 Å². The number of hydrogen-bond donors (Lipinski definition) is 0. The molecular weight excluding hydrogens is 466 g/mol. The first kappa shape index (κ1) is 23.7. The highest BCUT2D eigenvalue weighted by Crippen LogP contribution is 2.28. The molecule has 2 aliphatic rings. The molecule has 2 aromatic carbocycles. The Morgan fingerprint density at radius 2 is 1.71 bits per heavy atom. The minimum atomic E-state index is -3.70. The molecule has 5 rings (SSSR count). The van der Waals surface area contributed by atoms with Crippen LogP contribution in [0.25, 0.3) is 11.4 Å². The van der Waals surface area contributed by atoms with Gasteiger partial charge in [0.2, 0.25) is 27.6 Å². The Morgan fingerprint density at radius 1 is 1.00 bits per heavy atom. The van der Waals surface area contributed by atoms with Crippen LogP contribution in [0.2, 0.25) is 0 Å². The molecule has 0 radical (unpaired) electrons. The van der Waals surface area contributed by atoms with Gasteiger partial charge in [0.05, 0.1) is 11.4 Å². The summed E-state index contributed by atoms with van der Waals surface area (Å²) in [5.41, 5.74) is 2.03. The summed E-state index contributed by atoms with van der Waals surface area (Å²) < 4.78 is 33.1. The van der Waals surface area contributed by atoms with Gasteiger partial charge in [0.25, 0.3) is 0 Å². The Bertz CT molecular complexity index is 1290. The molecule has 0 spiro atoms. The van der Waals surface area contributed by atoms with Gasteiger partial charge in [0.1, 0.15) is 6.04 Å². The number of nitrogens with zero attached hydrogens (tertiary/aromatic N) is 5. The first-order valence-electron chi connectivity index (χ1n) is 11.9. The molecule has 1 unspecified atom stereocenters. The third-order valence-electron chi connectivity index (χ3n) is 6.74. The third-order valence-corrected chi connectivity index (χ3v) is 8.66. The van der Waals surface area contributed by atoms with Gasteiger partial charge in [0.15, 0.2) is 0 Å². The van der Waals surface area contributed by atoms with Gasteiger partial charge in [-0.15, -0.1) is 0 Å². The van der Waals surface area contributed by atoms with Crippen LogP contribution in [0, 0.1) is 6.92 Å². The topological polar surface area (TPSA) is 99.9 Å². The number of benzene rings is 2. The standard InChI is InChI=1S/C25H29N5O4S/c1-19-8-5-6-11-21(19)24-26-23(34-27-24)18-28-14-16-29(17-15-28)25(31)22-12-7-13-30(22)35(32,33)20-9-3-2-4-10-20/h2-6,8-11,22H,7,12-18H2,1H3. The van der Waals surface area contributed by atoms with E-state index in [-0.39, 0.29) is 10.8 Å². The minimum Gasteiger partial charge on any atom is -0.339 e. The Kier molecular flexibility index (Phi) is 6.68. The van der Waals surface area contributed by atoms with E-state index < -0.39 is 16.1 Å². The Labute approximate surface area is 205 Å². The average Bonchev–Trinajstić information content (AvgIpc) is 3.55. The van der Waals surface area contributed by atoms with Crippen LogP contribution in [0.15, 0.2) is 64.0 Å². The van der Waals surface area contributed by atoms with Crippen LogP contribution in [0.4, 0.5) is 0 Å². The lowest BCUT2D eigenvalue weighted by atomic mass is 10.1. The van der Waals surface area contributed by atoms with E-state index in [0.29, 0.717) is 63.8 Å². The summed E-state index contributed by atoms with van der Waals surface area (Å²) in [5, 5.41) is 4.12. The normalized spacial score (nSPS) is 19.8. The molecule has 35 heavy (non-hydrogen) atoms. The van der Waals surface area contributed by atoms with Crippen LogP contribution in [-0.2, 0) is 21.4 Å². The fourth-order valence-electron chi connectivity index (χ4n) is 4.78. The molecule has 0 N–H and O–H groups in total. The quantitative estimate of drug-likeness (QED) is 0.518. The fourth-order valence-corrected chi connectivity index (χ4v) is 6.46. The number of hydrogen-bond acceptors (Lipinski definition) is 7. The Hall–Kier alpha value is -3.08. The predicted octanol–water partition coefficient (Wildman–Crippen LogP) is 2.54. The Balaban J connectivity index is 1.19. The second-order valence-corrected chi connectivity index (χ2v) is 10.9. The van der Waals surface area contributed by atoms with Gasteiger partial charge in [-0.3, -0.25) is 9.69 Å². The van der Waals surface area contributed by atoms with Crippen molar-refractivity contribution in [1.82, 2.24) is 24.2 Å². The summed E-state index contributed by atoms with van der Waals surface area (Å²) in [5.74, 6) is 1.01. The molecule has 0 saturated carbocycles. The molecule has 1 atom stereocenters. The number of aryl methyl sites for hydroxylation is 1. The van der Waals surface area contributed by atoms with E-state index in [0.717, 1.165) is 11.1 Å². The van der Waals surface area contributed by atoms with Crippen LogP contribution < -0.4 is 0 Å². The van der Waals surface area contributed by atoms with Gasteiger partial charge in [-0.25, -0.2) is 8.42 Å². The monoisotopic (exact) mass is 495 g/mol.